The molecule has 11 nitrogen and oxygen atoms in total. The first-order valence-electron chi connectivity index (χ1n) is 13.8. The van der Waals surface area contributed by atoms with Crippen LogP contribution in [0.25, 0.3) is 0 Å². The zero-order valence-corrected chi connectivity index (χ0v) is 24.0. The summed E-state index contributed by atoms with van der Waals surface area (Å²) in [5.41, 5.74) is 3.89. The quantitative estimate of drug-likeness (QED) is 0.149. The van der Waals surface area contributed by atoms with Crippen LogP contribution >= 0.6 is 0 Å². The molecule has 0 atom stereocenters. The Balaban J connectivity index is 1.35. The van der Waals surface area contributed by atoms with E-state index in [-0.39, 0.29) is 12.3 Å². The number of aliphatic hydroxyl groups excluding tert-OH is 3. The summed E-state index contributed by atoms with van der Waals surface area (Å²) in [6, 6.07) is 20.2. The van der Waals surface area contributed by atoms with Gasteiger partial charge in [0, 0.05) is 43.9 Å². The molecule has 3 aromatic heterocycles. The largest absolute Gasteiger partial charge is 0.394 e. The summed E-state index contributed by atoms with van der Waals surface area (Å²) in [5.74, 6) is -0.786. The monoisotopic (exact) mass is 584 g/mol. The summed E-state index contributed by atoms with van der Waals surface area (Å²) < 4.78 is 0. The van der Waals surface area contributed by atoms with E-state index in [0.29, 0.717) is 36.4 Å². The van der Waals surface area contributed by atoms with Crippen LogP contribution in [-0.4, -0.2) is 72.3 Å². The van der Waals surface area contributed by atoms with Crippen molar-refractivity contribution in [3.8, 4) is 0 Å². The maximum absolute atomic E-state index is 12.9. The van der Waals surface area contributed by atoms with E-state index in [9.17, 15) is 24.9 Å². The van der Waals surface area contributed by atoms with Gasteiger partial charge in [-0.1, -0.05) is 24.3 Å². The van der Waals surface area contributed by atoms with E-state index in [4.69, 9.17) is 0 Å². The maximum atomic E-state index is 12.9. The van der Waals surface area contributed by atoms with Gasteiger partial charge in [-0.25, -0.2) is 0 Å². The molecule has 0 radical (unpaired) electrons. The van der Waals surface area contributed by atoms with E-state index >= 15 is 0 Å². The van der Waals surface area contributed by atoms with Crippen LogP contribution in [0.1, 0.15) is 38.6 Å². The van der Waals surface area contributed by atoms with Gasteiger partial charge in [0.25, 0.3) is 5.91 Å². The fourth-order valence-electron chi connectivity index (χ4n) is 4.29. The highest BCUT2D eigenvalue weighted by molar-refractivity contribution is 6.04. The summed E-state index contributed by atoms with van der Waals surface area (Å²) in [6.07, 6.45) is 5.14. The van der Waals surface area contributed by atoms with Crippen molar-refractivity contribution >= 4 is 17.5 Å². The van der Waals surface area contributed by atoms with Gasteiger partial charge in [0.15, 0.2) is 0 Å². The average Bonchev–Trinajstić information content (AvgIpc) is 3.03. The SMILES string of the molecule is Cc1ccc(CN(Cc2ccccn2)Cc2ccc(C(=O)Nc3ccc(CC(=O)NC(CO)(CO)CO)cc3)cn2)nc1. The van der Waals surface area contributed by atoms with Gasteiger partial charge in [-0.2, -0.15) is 0 Å². The molecule has 0 fully saturated rings. The molecule has 0 spiro atoms. The minimum Gasteiger partial charge on any atom is -0.394 e. The molecule has 0 unspecified atom stereocenters. The third-order valence-electron chi connectivity index (χ3n) is 6.83. The van der Waals surface area contributed by atoms with Crippen LogP contribution < -0.4 is 10.6 Å². The Hall–Kier alpha value is -4.55. The lowest BCUT2D eigenvalue weighted by Crippen LogP contribution is -2.57. The van der Waals surface area contributed by atoms with E-state index in [2.05, 4.69) is 30.5 Å². The van der Waals surface area contributed by atoms with E-state index in [0.717, 1.165) is 22.6 Å². The molecule has 0 bridgehead atoms. The molecule has 0 saturated heterocycles. The Morgan fingerprint density at radius 1 is 0.767 bits per heavy atom. The molecule has 4 aromatic rings. The van der Waals surface area contributed by atoms with Gasteiger partial charge < -0.3 is 26.0 Å². The van der Waals surface area contributed by atoms with Crippen molar-refractivity contribution < 1.29 is 24.9 Å². The van der Waals surface area contributed by atoms with E-state index in [1.807, 2.05) is 49.5 Å². The number of hydrogen-bond donors (Lipinski definition) is 5. The Bertz CT molecular complexity index is 1450. The van der Waals surface area contributed by atoms with Gasteiger partial charge in [-0.05, 0) is 60.5 Å². The van der Waals surface area contributed by atoms with E-state index in [1.54, 1.807) is 42.7 Å². The van der Waals surface area contributed by atoms with Crippen LogP contribution in [0, 0.1) is 6.92 Å². The number of benzene rings is 1. The van der Waals surface area contributed by atoms with Crippen molar-refractivity contribution in [1.82, 2.24) is 25.2 Å². The normalized spacial score (nSPS) is 11.4. The second-order valence-corrected chi connectivity index (χ2v) is 10.5. The highest BCUT2D eigenvalue weighted by Gasteiger charge is 2.29. The van der Waals surface area contributed by atoms with Crippen LogP contribution in [0.3, 0.4) is 0 Å². The van der Waals surface area contributed by atoms with Crippen molar-refractivity contribution in [3.05, 3.63) is 119 Å². The van der Waals surface area contributed by atoms with Gasteiger partial charge in [0.1, 0.15) is 5.54 Å². The lowest BCUT2D eigenvalue weighted by Gasteiger charge is -2.28. The number of anilines is 1. The van der Waals surface area contributed by atoms with Gasteiger partial charge >= 0.3 is 0 Å². The second kappa shape index (κ2) is 15.1. The predicted octanol–water partition coefficient (Wildman–Crippen LogP) is 2.01. The number of carbonyl (C=O) groups excluding carboxylic acids is 2. The number of nitrogens with zero attached hydrogens (tertiary/aromatic N) is 4. The zero-order chi connectivity index (χ0) is 30.7. The summed E-state index contributed by atoms with van der Waals surface area (Å²) in [7, 11) is 0. The number of rotatable bonds is 14. The second-order valence-electron chi connectivity index (χ2n) is 10.5. The van der Waals surface area contributed by atoms with Crippen molar-refractivity contribution in [3.63, 3.8) is 0 Å². The molecule has 3 heterocycles. The van der Waals surface area contributed by atoms with E-state index < -0.39 is 31.3 Å². The summed E-state index contributed by atoms with van der Waals surface area (Å²) >= 11 is 0. The third-order valence-corrected chi connectivity index (χ3v) is 6.83. The van der Waals surface area contributed by atoms with Crippen molar-refractivity contribution in [1.29, 1.82) is 0 Å². The molecule has 5 N–H and O–H groups in total. The molecule has 2 amide bonds. The smallest absolute Gasteiger partial charge is 0.257 e. The summed E-state index contributed by atoms with van der Waals surface area (Å²) in [4.78, 5) is 40.9. The number of hydrogen-bond acceptors (Lipinski definition) is 9. The minimum absolute atomic E-state index is 0.0291. The molecule has 224 valence electrons. The molecule has 0 saturated carbocycles. The fraction of sp³-hybridized carbons (Fsp3) is 0.281. The van der Waals surface area contributed by atoms with Gasteiger partial charge in [-0.15, -0.1) is 0 Å². The van der Waals surface area contributed by atoms with Crippen LogP contribution in [0.4, 0.5) is 5.69 Å². The van der Waals surface area contributed by atoms with Crippen LogP contribution in [0.5, 0.6) is 0 Å². The first-order valence-corrected chi connectivity index (χ1v) is 13.8. The number of amides is 2. The van der Waals surface area contributed by atoms with Gasteiger partial charge in [0.05, 0.1) is 48.9 Å². The van der Waals surface area contributed by atoms with Crippen LogP contribution in [0.15, 0.2) is 85.3 Å². The van der Waals surface area contributed by atoms with Crippen molar-refractivity contribution in [2.24, 2.45) is 0 Å². The molecule has 0 aliphatic heterocycles. The Labute approximate surface area is 250 Å². The molecular weight excluding hydrogens is 548 g/mol. The molecule has 11 heteroatoms. The fourth-order valence-corrected chi connectivity index (χ4v) is 4.29. The average molecular weight is 585 g/mol. The third kappa shape index (κ3) is 9.22. The Morgan fingerprint density at radius 2 is 1.40 bits per heavy atom. The van der Waals surface area contributed by atoms with Crippen LogP contribution in [0.2, 0.25) is 0 Å². The predicted molar refractivity (Wildman–Crippen MR) is 161 cm³/mol. The molecular formula is C32H36N6O5. The molecule has 0 aliphatic rings. The standard InChI is InChI=1S/C32H36N6O5/c1-23-5-9-28(34-15-23)18-38(17-27-4-2-3-13-33-27)19-29-12-8-25(16-35-29)31(43)36-26-10-6-24(7-11-26)14-30(42)37-32(20-39,21-40)22-41/h2-13,15-16,39-41H,14,17-22H2,1H3,(H,36,43)(H,37,42). The lowest BCUT2D eigenvalue weighted by atomic mass is 10.0. The lowest BCUT2D eigenvalue weighted by molar-refractivity contribution is -0.124. The first kappa shape index (κ1) is 31.4. The molecule has 0 aliphatic carbocycles. The number of nitrogens with one attached hydrogen (secondary N) is 2. The van der Waals surface area contributed by atoms with Crippen molar-refractivity contribution in [2.45, 2.75) is 38.5 Å². The van der Waals surface area contributed by atoms with Crippen molar-refractivity contribution in [2.75, 3.05) is 25.1 Å². The van der Waals surface area contributed by atoms with Gasteiger partial charge in [-0.3, -0.25) is 29.4 Å². The topological polar surface area (TPSA) is 161 Å². The number of aryl methyl sites for hydroxylation is 1. The Kier molecular flexibility index (Phi) is 11.0. The van der Waals surface area contributed by atoms with E-state index in [1.165, 1.54) is 0 Å². The molecule has 1 aromatic carbocycles. The first-order chi connectivity index (χ1) is 20.8. The number of aliphatic hydroxyl groups is 3. The highest BCUT2D eigenvalue weighted by atomic mass is 16.3. The maximum Gasteiger partial charge on any atom is 0.257 e. The Morgan fingerprint density at radius 3 is 1.93 bits per heavy atom. The minimum atomic E-state index is -1.48. The summed E-state index contributed by atoms with van der Waals surface area (Å²) in [5, 5.41) is 33.5. The number of pyridine rings is 3. The number of carbonyl (C=O) groups is 2. The van der Waals surface area contributed by atoms with Gasteiger partial charge in [0.2, 0.25) is 5.91 Å². The van der Waals surface area contributed by atoms with Crippen LogP contribution in [-0.2, 0) is 30.8 Å². The zero-order valence-electron chi connectivity index (χ0n) is 24.0. The number of aromatic nitrogens is 3. The molecule has 4 rings (SSSR count). The molecule has 43 heavy (non-hydrogen) atoms. The highest BCUT2D eigenvalue weighted by Crippen LogP contribution is 2.15. The summed E-state index contributed by atoms with van der Waals surface area (Å²) in [6.45, 7) is 1.98.